The van der Waals surface area contributed by atoms with E-state index in [9.17, 15) is 10.1 Å². The molecule has 110 valence electrons. The lowest BCUT2D eigenvalue weighted by Gasteiger charge is -2.07. The zero-order valence-corrected chi connectivity index (χ0v) is 12.7. The number of benzene rings is 1. The van der Waals surface area contributed by atoms with E-state index in [0.717, 1.165) is 24.2 Å². The van der Waals surface area contributed by atoms with Crippen LogP contribution in [0, 0.1) is 16.0 Å². The monoisotopic (exact) mass is 304 g/mol. The van der Waals surface area contributed by atoms with Crippen LogP contribution >= 0.6 is 11.3 Å². The fourth-order valence-corrected chi connectivity index (χ4v) is 2.29. The van der Waals surface area contributed by atoms with Crippen LogP contribution in [0.15, 0.2) is 40.7 Å². The lowest BCUT2D eigenvalue weighted by Crippen LogP contribution is -1.96. The second kappa shape index (κ2) is 7.03. The maximum atomic E-state index is 10.5. The molecule has 7 heteroatoms. The van der Waals surface area contributed by atoms with Crippen molar-refractivity contribution >= 4 is 27.2 Å². The Kier molecular flexibility index (Phi) is 5.10. The van der Waals surface area contributed by atoms with E-state index in [1.54, 1.807) is 0 Å². The molecule has 1 heterocycles. The Labute approximate surface area is 126 Å². The Balaban J connectivity index is 2.02. The second-order valence-electron chi connectivity index (χ2n) is 4.82. The van der Waals surface area contributed by atoms with Gasteiger partial charge in [0.15, 0.2) is 0 Å². The van der Waals surface area contributed by atoms with Crippen molar-refractivity contribution in [3.05, 3.63) is 46.1 Å². The van der Waals surface area contributed by atoms with Gasteiger partial charge in [0.2, 0.25) is 5.13 Å². The molecule has 1 atom stereocenters. The second-order valence-corrected chi connectivity index (χ2v) is 5.81. The molecule has 0 bridgehead atoms. The normalized spacial score (nSPS) is 12.7. The quantitative estimate of drug-likeness (QED) is 0.425. The van der Waals surface area contributed by atoms with E-state index in [1.165, 1.54) is 11.8 Å². The average Bonchev–Trinajstić information content (AvgIpc) is 2.95. The lowest BCUT2D eigenvalue weighted by molar-refractivity contribution is -0.380. The van der Waals surface area contributed by atoms with Crippen LogP contribution in [0.4, 0.5) is 15.8 Å². The van der Waals surface area contributed by atoms with Crippen molar-refractivity contribution in [3.63, 3.8) is 0 Å². The molecular formula is C14H16N4O2S. The van der Waals surface area contributed by atoms with Crippen LogP contribution in [0.25, 0.3) is 0 Å². The van der Waals surface area contributed by atoms with Crippen LogP contribution in [-0.2, 0) is 6.42 Å². The van der Waals surface area contributed by atoms with Gasteiger partial charge in [-0.25, -0.2) is 4.98 Å². The number of aromatic nitrogens is 1. The van der Waals surface area contributed by atoms with Crippen molar-refractivity contribution < 1.29 is 4.92 Å². The molecule has 0 amide bonds. The van der Waals surface area contributed by atoms with Crippen LogP contribution < -0.4 is 0 Å². The topological polar surface area (TPSA) is 80.8 Å². The molecule has 0 saturated heterocycles. The van der Waals surface area contributed by atoms with Gasteiger partial charge in [0.05, 0.1) is 10.6 Å². The summed E-state index contributed by atoms with van der Waals surface area (Å²) in [6, 6.07) is 7.85. The smallest absolute Gasteiger partial charge is 0.257 e. The van der Waals surface area contributed by atoms with E-state index < -0.39 is 4.92 Å². The summed E-state index contributed by atoms with van der Waals surface area (Å²) in [5.41, 5.74) is 1.98. The Morgan fingerprint density at radius 2 is 2.05 bits per heavy atom. The van der Waals surface area contributed by atoms with Crippen LogP contribution in [0.1, 0.15) is 25.8 Å². The molecule has 21 heavy (non-hydrogen) atoms. The van der Waals surface area contributed by atoms with Crippen molar-refractivity contribution in [3.8, 4) is 0 Å². The van der Waals surface area contributed by atoms with Crippen LogP contribution in [0.2, 0.25) is 0 Å². The highest BCUT2D eigenvalue weighted by atomic mass is 32.1. The zero-order chi connectivity index (χ0) is 15.2. The summed E-state index contributed by atoms with van der Waals surface area (Å²) in [6.45, 7) is 4.41. The van der Waals surface area contributed by atoms with E-state index in [-0.39, 0.29) is 10.1 Å². The molecule has 6 nitrogen and oxygen atoms in total. The first-order valence-corrected chi connectivity index (χ1v) is 7.51. The molecule has 2 aromatic rings. The first-order chi connectivity index (χ1) is 10.1. The Bertz CT molecular complexity index is 637. The summed E-state index contributed by atoms with van der Waals surface area (Å²) >= 11 is 0.904. The standard InChI is InChI=1S/C14H16N4O2S/c1-3-10(2)8-11-4-6-12(7-5-11)16-17-14-15-9-13(21-14)18(19)20/h4-7,9-10H,3,8H2,1-2H3. The van der Waals surface area contributed by atoms with Gasteiger partial charge in [-0.2, -0.15) is 0 Å². The summed E-state index contributed by atoms with van der Waals surface area (Å²) < 4.78 is 0. The average molecular weight is 304 g/mol. The number of thiazole rings is 1. The molecule has 0 aliphatic rings. The van der Waals surface area contributed by atoms with Gasteiger partial charge >= 0.3 is 5.00 Å². The third-order valence-corrected chi connectivity index (χ3v) is 3.96. The summed E-state index contributed by atoms with van der Waals surface area (Å²) in [4.78, 5) is 13.9. The van der Waals surface area contributed by atoms with Crippen LogP contribution in [0.5, 0.6) is 0 Å². The molecule has 0 saturated carbocycles. The Morgan fingerprint density at radius 1 is 1.33 bits per heavy atom. The maximum absolute atomic E-state index is 10.5. The lowest BCUT2D eigenvalue weighted by atomic mass is 9.99. The van der Waals surface area contributed by atoms with E-state index in [4.69, 9.17) is 0 Å². The fourth-order valence-electron chi connectivity index (χ4n) is 1.73. The zero-order valence-electron chi connectivity index (χ0n) is 11.9. The van der Waals surface area contributed by atoms with Gasteiger partial charge in [0.25, 0.3) is 0 Å². The predicted molar refractivity (Wildman–Crippen MR) is 82.5 cm³/mol. The Morgan fingerprint density at radius 3 is 2.62 bits per heavy atom. The minimum Gasteiger partial charge on any atom is -0.257 e. The first-order valence-electron chi connectivity index (χ1n) is 6.69. The predicted octanol–water partition coefficient (Wildman–Crippen LogP) is 5.06. The van der Waals surface area contributed by atoms with E-state index in [2.05, 4.69) is 29.1 Å². The SMILES string of the molecule is CCC(C)Cc1ccc(N=Nc2ncc([N+](=O)[O-])s2)cc1. The van der Waals surface area contributed by atoms with Gasteiger partial charge in [0, 0.05) is 0 Å². The highest BCUT2D eigenvalue weighted by Crippen LogP contribution is 2.28. The van der Waals surface area contributed by atoms with E-state index in [0.29, 0.717) is 11.6 Å². The molecule has 0 fully saturated rings. The molecule has 1 aromatic carbocycles. The third-order valence-electron chi connectivity index (χ3n) is 3.13. The molecule has 1 aromatic heterocycles. The summed E-state index contributed by atoms with van der Waals surface area (Å²) in [5.74, 6) is 0.661. The van der Waals surface area contributed by atoms with E-state index >= 15 is 0 Å². The minimum absolute atomic E-state index is 0.0344. The fraction of sp³-hybridized carbons (Fsp3) is 0.357. The van der Waals surface area contributed by atoms with Gasteiger partial charge in [-0.3, -0.25) is 10.1 Å². The molecule has 0 aliphatic heterocycles. The summed E-state index contributed by atoms with van der Waals surface area (Å²) in [5, 5.41) is 18.7. The molecule has 0 N–H and O–H groups in total. The molecule has 0 spiro atoms. The van der Waals surface area contributed by atoms with Crippen molar-refractivity contribution in [2.75, 3.05) is 0 Å². The number of nitro groups is 1. The first kappa shape index (κ1) is 15.2. The largest absolute Gasteiger partial charge is 0.345 e. The molecular weight excluding hydrogens is 288 g/mol. The van der Waals surface area contributed by atoms with Crippen molar-refractivity contribution in [1.29, 1.82) is 0 Å². The minimum atomic E-state index is -0.486. The van der Waals surface area contributed by atoms with Crippen molar-refractivity contribution in [2.45, 2.75) is 26.7 Å². The molecule has 2 rings (SSSR count). The van der Waals surface area contributed by atoms with Crippen LogP contribution in [0.3, 0.4) is 0 Å². The van der Waals surface area contributed by atoms with Gasteiger partial charge < -0.3 is 0 Å². The van der Waals surface area contributed by atoms with Crippen molar-refractivity contribution in [2.24, 2.45) is 16.1 Å². The molecule has 0 aliphatic carbocycles. The van der Waals surface area contributed by atoms with Crippen LogP contribution in [-0.4, -0.2) is 9.91 Å². The molecule has 1 unspecified atom stereocenters. The van der Waals surface area contributed by atoms with Gasteiger partial charge in [-0.15, -0.1) is 10.2 Å². The number of azo groups is 1. The van der Waals surface area contributed by atoms with Gasteiger partial charge in [-0.05, 0) is 41.4 Å². The van der Waals surface area contributed by atoms with Gasteiger partial charge in [-0.1, -0.05) is 32.4 Å². The third kappa shape index (κ3) is 4.42. The summed E-state index contributed by atoms with van der Waals surface area (Å²) in [7, 11) is 0. The number of nitrogens with zero attached hydrogens (tertiary/aromatic N) is 4. The summed E-state index contributed by atoms with van der Waals surface area (Å²) in [6.07, 6.45) is 3.39. The Hall–Kier alpha value is -2.15. The number of rotatable bonds is 6. The number of hydrogen-bond acceptors (Lipinski definition) is 6. The number of hydrogen-bond donors (Lipinski definition) is 0. The maximum Gasteiger partial charge on any atom is 0.345 e. The highest BCUT2D eigenvalue weighted by molar-refractivity contribution is 7.18. The highest BCUT2D eigenvalue weighted by Gasteiger charge is 2.10. The van der Waals surface area contributed by atoms with Crippen molar-refractivity contribution in [1.82, 2.24) is 4.98 Å². The van der Waals surface area contributed by atoms with E-state index in [1.807, 2.05) is 24.3 Å². The molecule has 0 radical (unpaired) electrons. The van der Waals surface area contributed by atoms with Gasteiger partial charge in [0.1, 0.15) is 6.20 Å².